The van der Waals surface area contributed by atoms with E-state index in [9.17, 15) is 9.59 Å². The Kier molecular flexibility index (Phi) is 3.72. The van der Waals surface area contributed by atoms with Crippen molar-refractivity contribution in [3.8, 4) is 0 Å². The van der Waals surface area contributed by atoms with Crippen LogP contribution in [0.2, 0.25) is 0 Å². The minimum absolute atomic E-state index is 0.160. The predicted molar refractivity (Wildman–Crippen MR) is 72.5 cm³/mol. The molecule has 0 amide bonds. The molecule has 0 N–H and O–H groups in total. The summed E-state index contributed by atoms with van der Waals surface area (Å²) >= 11 is 0. The topological polar surface area (TPSA) is 52.6 Å². The molecule has 4 nitrogen and oxygen atoms in total. The van der Waals surface area contributed by atoms with Gasteiger partial charge in [0.05, 0.1) is 11.1 Å². The SMILES string of the molecule is O=C1OCC(C2CCCCC2)OC(=O)c2ccc1cc2. The lowest BCUT2D eigenvalue weighted by Crippen LogP contribution is -2.34. The van der Waals surface area contributed by atoms with Gasteiger partial charge in [0, 0.05) is 0 Å². The summed E-state index contributed by atoms with van der Waals surface area (Å²) in [5.41, 5.74) is 0.968. The minimum Gasteiger partial charge on any atom is -0.458 e. The molecule has 1 aromatic rings. The second kappa shape index (κ2) is 5.65. The van der Waals surface area contributed by atoms with Crippen LogP contribution in [0.25, 0.3) is 0 Å². The Labute approximate surface area is 118 Å². The molecule has 0 radical (unpaired) electrons. The van der Waals surface area contributed by atoms with Crippen LogP contribution in [0.15, 0.2) is 24.3 Å². The third-order valence-electron chi connectivity index (χ3n) is 4.17. The molecule has 0 spiro atoms. The normalized spacial score (nSPS) is 24.1. The molecule has 2 heterocycles. The zero-order chi connectivity index (χ0) is 13.9. The van der Waals surface area contributed by atoms with Crippen LogP contribution in [-0.2, 0) is 9.47 Å². The number of benzene rings is 1. The summed E-state index contributed by atoms with van der Waals surface area (Å²) in [7, 11) is 0. The summed E-state index contributed by atoms with van der Waals surface area (Å²) in [6.07, 6.45) is 5.29. The molecule has 1 saturated carbocycles. The maximum absolute atomic E-state index is 12.1. The lowest BCUT2D eigenvalue weighted by atomic mass is 9.85. The summed E-state index contributed by atoms with van der Waals surface area (Å²) in [6.45, 7) is 0.160. The van der Waals surface area contributed by atoms with Gasteiger partial charge in [-0.15, -0.1) is 0 Å². The van der Waals surface area contributed by atoms with Crippen molar-refractivity contribution in [3.63, 3.8) is 0 Å². The number of esters is 2. The molecule has 1 fully saturated rings. The number of ether oxygens (including phenoxy) is 2. The number of hydrogen-bond donors (Lipinski definition) is 0. The van der Waals surface area contributed by atoms with Gasteiger partial charge in [0.15, 0.2) is 0 Å². The Morgan fingerprint density at radius 2 is 1.45 bits per heavy atom. The van der Waals surface area contributed by atoms with Crippen molar-refractivity contribution < 1.29 is 19.1 Å². The van der Waals surface area contributed by atoms with Gasteiger partial charge in [0.25, 0.3) is 0 Å². The summed E-state index contributed by atoms with van der Waals surface area (Å²) in [6, 6.07) is 6.42. The van der Waals surface area contributed by atoms with Gasteiger partial charge in [0.1, 0.15) is 12.7 Å². The fraction of sp³-hybridized carbons (Fsp3) is 0.500. The zero-order valence-corrected chi connectivity index (χ0v) is 11.3. The van der Waals surface area contributed by atoms with Crippen LogP contribution in [0, 0.1) is 5.92 Å². The van der Waals surface area contributed by atoms with Crippen LogP contribution in [-0.4, -0.2) is 24.6 Å². The van der Waals surface area contributed by atoms with Crippen molar-refractivity contribution in [1.29, 1.82) is 0 Å². The van der Waals surface area contributed by atoms with Crippen molar-refractivity contribution in [3.05, 3.63) is 35.4 Å². The number of carbonyl (C=O) groups excluding carboxylic acids is 2. The van der Waals surface area contributed by atoms with Crippen molar-refractivity contribution >= 4 is 11.9 Å². The van der Waals surface area contributed by atoms with Gasteiger partial charge in [-0.3, -0.25) is 0 Å². The Morgan fingerprint density at radius 1 is 0.850 bits per heavy atom. The minimum atomic E-state index is -0.352. The standard InChI is InChI=1S/C16H18O4/c17-15-12-6-8-13(9-7-12)16(18)20-14(10-19-15)11-4-2-1-3-5-11/h6-9,11,14H,1-5,10H2. The summed E-state index contributed by atoms with van der Waals surface area (Å²) in [4.78, 5) is 24.0. The monoisotopic (exact) mass is 274 g/mol. The molecule has 1 unspecified atom stereocenters. The highest BCUT2D eigenvalue weighted by atomic mass is 16.6. The van der Waals surface area contributed by atoms with Crippen LogP contribution in [0.1, 0.15) is 52.8 Å². The molecule has 1 aliphatic carbocycles. The molecule has 2 bridgehead atoms. The lowest BCUT2D eigenvalue weighted by molar-refractivity contribution is -0.0251. The van der Waals surface area contributed by atoms with E-state index in [0.717, 1.165) is 25.7 Å². The summed E-state index contributed by atoms with van der Waals surface area (Å²) in [5, 5.41) is 0. The van der Waals surface area contributed by atoms with Gasteiger partial charge in [-0.1, -0.05) is 19.3 Å². The number of carbonyl (C=O) groups is 2. The van der Waals surface area contributed by atoms with E-state index in [-0.39, 0.29) is 24.6 Å². The molecule has 2 aliphatic heterocycles. The second-order valence-corrected chi connectivity index (χ2v) is 5.52. The first-order valence-electron chi connectivity index (χ1n) is 7.22. The molecular formula is C16H18O4. The van der Waals surface area contributed by atoms with Crippen LogP contribution >= 0.6 is 0 Å². The van der Waals surface area contributed by atoms with Crippen molar-refractivity contribution in [2.75, 3.05) is 6.61 Å². The van der Waals surface area contributed by atoms with Gasteiger partial charge in [-0.2, -0.15) is 0 Å². The van der Waals surface area contributed by atoms with Crippen LogP contribution in [0.5, 0.6) is 0 Å². The molecule has 106 valence electrons. The largest absolute Gasteiger partial charge is 0.458 e. The summed E-state index contributed by atoms with van der Waals surface area (Å²) in [5.74, 6) is -0.377. The third-order valence-corrected chi connectivity index (χ3v) is 4.17. The molecule has 0 aromatic heterocycles. The van der Waals surface area contributed by atoms with E-state index in [1.165, 1.54) is 6.42 Å². The van der Waals surface area contributed by atoms with Gasteiger partial charge >= 0.3 is 11.9 Å². The Bertz CT molecular complexity index is 500. The molecule has 1 aromatic carbocycles. The highest BCUT2D eigenvalue weighted by Gasteiger charge is 2.29. The predicted octanol–water partition coefficient (Wildman–Crippen LogP) is 2.96. The van der Waals surface area contributed by atoms with E-state index in [4.69, 9.17) is 9.47 Å². The maximum atomic E-state index is 12.1. The Morgan fingerprint density at radius 3 is 2.10 bits per heavy atom. The fourth-order valence-electron chi connectivity index (χ4n) is 2.96. The molecule has 3 aliphatic rings. The van der Waals surface area contributed by atoms with E-state index >= 15 is 0 Å². The van der Waals surface area contributed by atoms with Crippen molar-refractivity contribution in [1.82, 2.24) is 0 Å². The van der Waals surface area contributed by atoms with Crippen LogP contribution < -0.4 is 0 Å². The van der Waals surface area contributed by atoms with Crippen LogP contribution in [0.3, 0.4) is 0 Å². The highest BCUT2D eigenvalue weighted by Crippen LogP contribution is 2.29. The fourth-order valence-corrected chi connectivity index (χ4v) is 2.96. The maximum Gasteiger partial charge on any atom is 0.338 e. The quantitative estimate of drug-likeness (QED) is 0.739. The second-order valence-electron chi connectivity index (χ2n) is 5.52. The number of fused-ring (bicyclic) bond motifs is 7. The van der Waals surface area contributed by atoms with Gasteiger partial charge in [-0.25, -0.2) is 9.59 Å². The first-order valence-corrected chi connectivity index (χ1v) is 7.22. The third kappa shape index (κ3) is 2.69. The van der Waals surface area contributed by atoms with E-state index in [1.807, 2.05) is 0 Å². The molecule has 4 heteroatoms. The highest BCUT2D eigenvalue weighted by molar-refractivity contribution is 5.93. The Hall–Kier alpha value is -1.84. The van der Waals surface area contributed by atoms with E-state index in [1.54, 1.807) is 24.3 Å². The van der Waals surface area contributed by atoms with Crippen molar-refractivity contribution in [2.45, 2.75) is 38.2 Å². The summed E-state index contributed by atoms with van der Waals surface area (Å²) < 4.78 is 10.9. The first-order chi connectivity index (χ1) is 9.74. The van der Waals surface area contributed by atoms with E-state index in [2.05, 4.69) is 0 Å². The molecular weight excluding hydrogens is 256 g/mol. The average Bonchev–Trinajstić information content (AvgIpc) is 2.51. The lowest BCUT2D eigenvalue weighted by Gasteiger charge is -2.30. The number of rotatable bonds is 1. The molecule has 20 heavy (non-hydrogen) atoms. The Balaban J connectivity index is 1.82. The van der Waals surface area contributed by atoms with E-state index in [0.29, 0.717) is 17.0 Å². The first kappa shape index (κ1) is 13.2. The van der Waals surface area contributed by atoms with Crippen LogP contribution in [0.4, 0.5) is 0 Å². The smallest absolute Gasteiger partial charge is 0.338 e. The van der Waals surface area contributed by atoms with E-state index < -0.39 is 0 Å². The molecule has 4 rings (SSSR count). The zero-order valence-electron chi connectivity index (χ0n) is 11.3. The molecule has 1 atom stereocenters. The van der Waals surface area contributed by atoms with Crippen molar-refractivity contribution in [2.24, 2.45) is 5.92 Å². The number of hydrogen-bond acceptors (Lipinski definition) is 4. The van der Waals surface area contributed by atoms with Gasteiger partial charge in [0.2, 0.25) is 0 Å². The average molecular weight is 274 g/mol. The van der Waals surface area contributed by atoms with Gasteiger partial charge in [-0.05, 0) is 43.0 Å². The van der Waals surface area contributed by atoms with Gasteiger partial charge < -0.3 is 9.47 Å². The molecule has 0 saturated heterocycles.